The number of H-pyrrole nitrogens is 1. The van der Waals surface area contributed by atoms with E-state index in [0.717, 1.165) is 28.1 Å². The Morgan fingerprint density at radius 1 is 1.35 bits per heavy atom. The van der Waals surface area contributed by atoms with Crippen LogP contribution in [0.15, 0.2) is 29.4 Å². The van der Waals surface area contributed by atoms with Gasteiger partial charge < -0.3 is 14.8 Å². The quantitative estimate of drug-likeness (QED) is 0.716. The SMILES string of the molecule is COc1nc2nc(SCC(=O)O)[nH]c2c2ccccc12. The average molecular weight is 289 g/mol. The molecule has 102 valence electrons. The molecule has 0 saturated carbocycles. The van der Waals surface area contributed by atoms with Crippen molar-refractivity contribution in [3.05, 3.63) is 24.3 Å². The second-order valence-corrected chi connectivity index (χ2v) is 5.05. The number of ether oxygens (including phenoxy) is 1. The first-order chi connectivity index (χ1) is 9.69. The van der Waals surface area contributed by atoms with Gasteiger partial charge in [-0.3, -0.25) is 4.79 Å². The van der Waals surface area contributed by atoms with Gasteiger partial charge >= 0.3 is 5.97 Å². The van der Waals surface area contributed by atoms with Gasteiger partial charge in [0.15, 0.2) is 10.8 Å². The third kappa shape index (κ3) is 2.16. The molecule has 2 aromatic heterocycles. The first kappa shape index (κ1) is 12.7. The molecule has 0 radical (unpaired) electrons. The maximum atomic E-state index is 10.6. The van der Waals surface area contributed by atoms with Gasteiger partial charge in [-0.2, -0.15) is 4.98 Å². The number of hydrogen-bond acceptors (Lipinski definition) is 5. The highest BCUT2D eigenvalue weighted by atomic mass is 32.2. The topological polar surface area (TPSA) is 88.1 Å². The van der Waals surface area contributed by atoms with Gasteiger partial charge in [0.05, 0.1) is 18.4 Å². The van der Waals surface area contributed by atoms with Crippen LogP contribution in [0.5, 0.6) is 5.88 Å². The Kier molecular flexibility index (Phi) is 3.19. The molecule has 0 atom stereocenters. The molecule has 2 heterocycles. The molecule has 0 saturated heterocycles. The van der Waals surface area contributed by atoms with Gasteiger partial charge in [-0.25, -0.2) is 4.98 Å². The van der Waals surface area contributed by atoms with Crippen LogP contribution in [0, 0.1) is 0 Å². The maximum Gasteiger partial charge on any atom is 0.313 e. The number of carboxylic acid groups (broad SMARTS) is 1. The van der Waals surface area contributed by atoms with E-state index in [1.807, 2.05) is 24.3 Å². The summed E-state index contributed by atoms with van der Waals surface area (Å²) < 4.78 is 5.28. The summed E-state index contributed by atoms with van der Waals surface area (Å²) in [5.41, 5.74) is 1.31. The zero-order valence-electron chi connectivity index (χ0n) is 10.6. The predicted octanol–water partition coefficient (Wildman–Crippen LogP) is 2.30. The number of thioether (sulfide) groups is 1. The van der Waals surface area contributed by atoms with Crippen molar-refractivity contribution in [2.24, 2.45) is 0 Å². The van der Waals surface area contributed by atoms with Crippen LogP contribution in [0.25, 0.3) is 21.9 Å². The van der Waals surface area contributed by atoms with Crippen molar-refractivity contribution in [3.8, 4) is 5.88 Å². The Morgan fingerprint density at radius 3 is 2.80 bits per heavy atom. The number of fused-ring (bicyclic) bond motifs is 3. The maximum absolute atomic E-state index is 10.6. The molecule has 3 aromatic rings. The molecule has 3 rings (SSSR count). The highest BCUT2D eigenvalue weighted by Gasteiger charge is 2.13. The Labute approximate surface area is 118 Å². The number of aromatic nitrogens is 3. The molecule has 2 N–H and O–H groups in total. The van der Waals surface area contributed by atoms with E-state index in [1.54, 1.807) is 7.11 Å². The molecule has 0 bridgehead atoms. The Balaban J connectivity index is 2.17. The highest BCUT2D eigenvalue weighted by Crippen LogP contribution is 2.30. The predicted molar refractivity (Wildman–Crippen MR) is 76.3 cm³/mol. The molecule has 20 heavy (non-hydrogen) atoms. The first-order valence-electron chi connectivity index (χ1n) is 5.86. The molecule has 0 amide bonds. The normalized spacial score (nSPS) is 11.1. The number of benzene rings is 1. The highest BCUT2D eigenvalue weighted by molar-refractivity contribution is 7.99. The second kappa shape index (κ2) is 5.01. The van der Waals surface area contributed by atoms with Crippen LogP contribution in [0.1, 0.15) is 0 Å². The van der Waals surface area contributed by atoms with Gasteiger partial charge in [0, 0.05) is 10.8 Å². The monoisotopic (exact) mass is 289 g/mol. The number of rotatable bonds is 4. The molecule has 0 spiro atoms. The summed E-state index contributed by atoms with van der Waals surface area (Å²) in [7, 11) is 1.56. The van der Waals surface area contributed by atoms with Crippen LogP contribution >= 0.6 is 11.8 Å². The van der Waals surface area contributed by atoms with Crippen LogP contribution in [-0.4, -0.2) is 38.9 Å². The van der Waals surface area contributed by atoms with Crippen LogP contribution in [-0.2, 0) is 4.79 Å². The van der Waals surface area contributed by atoms with Gasteiger partial charge in [-0.05, 0) is 6.07 Å². The lowest BCUT2D eigenvalue weighted by atomic mass is 10.1. The van der Waals surface area contributed by atoms with Crippen molar-refractivity contribution >= 4 is 39.7 Å². The van der Waals surface area contributed by atoms with E-state index in [1.165, 1.54) is 0 Å². The number of methoxy groups -OCH3 is 1. The average Bonchev–Trinajstić information content (AvgIpc) is 2.87. The van der Waals surface area contributed by atoms with E-state index in [4.69, 9.17) is 9.84 Å². The Hall–Kier alpha value is -2.28. The van der Waals surface area contributed by atoms with Gasteiger partial charge in [-0.15, -0.1) is 0 Å². The number of hydrogen-bond donors (Lipinski definition) is 2. The number of carbonyl (C=O) groups is 1. The molecule has 0 aliphatic rings. The summed E-state index contributed by atoms with van der Waals surface area (Å²) in [6.07, 6.45) is 0. The van der Waals surface area contributed by atoms with E-state index in [2.05, 4.69) is 15.0 Å². The van der Waals surface area contributed by atoms with Gasteiger partial charge in [0.2, 0.25) is 5.88 Å². The van der Waals surface area contributed by atoms with Crippen molar-refractivity contribution in [2.75, 3.05) is 12.9 Å². The largest absolute Gasteiger partial charge is 0.481 e. The first-order valence-corrected chi connectivity index (χ1v) is 6.84. The van der Waals surface area contributed by atoms with Crippen LogP contribution < -0.4 is 4.74 Å². The minimum Gasteiger partial charge on any atom is -0.481 e. The molecule has 0 aliphatic heterocycles. The fraction of sp³-hybridized carbons (Fsp3) is 0.154. The summed E-state index contributed by atoms with van der Waals surface area (Å²) in [6, 6.07) is 7.71. The molecular formula is C13H11N3O3S. The number of imidazole rings is 1. The number of aromatic amines is 1. The summed E-state index contributed by atoms with van der Waals surface area (Å²) in [6.45, 7) is 0. The fourth-order valence-corrected chi connectivity index (χ4v) is 2.60. The van der Waals surface area contributed by atoms with Crippen LogP contribution in [0.4, 0.5) is 0 Å². The Morgan fingerprint density at radius 2 is 2.10 bits per heavy atom. The number of aliphatic carboxylic acids is 1. The molecule has 6 nitrogen and oxygen atoms in total. The standard InChI is InChI=1S/C13H11N3O3S/c1-19-12-8-5-3-2-4-7(8)10-11(15-12)16-13(14-10)20-6-9(17)18/h2-5H,6H2,1H3,(H,17,18)(H,14,15,16). The molecule has 1 aromatic carbocycles. The molecule has 0 aliphatic carbocycles. The van der Waals surface area contributed by atoms with Gasteiger partial charge in [0.1, 0.15) is 0 Å². The molecular weight excluding hydrogens is 278 g/mol. The zero-order chi connectivity index (χ0) is 14.1. The minimum absolute atomic E-state index is 0.0467. The summed E-state index contributed by atoms with van der Waals surface area (Å²) >= 11 is 1.13. The number of nitrogens with one attached hydrogen (secondary N) is 1. The third-order valence-corrected chi connectivity index (χ3v) is 3.68. The summed E-state index contributed by atoms with van der Waals surface area (Å²) in [4.78, 5) is 22.4. The van der Waals surface area contributed by atoms with E-state index in [0.29, 0.717) is 16.7 Å². The van der Waals surface area contributed by atoms with Crippen molar-refractivity contribution in [3.63, 3.8) is 0 Å². The summed E-state index contributed by atoms with van der Waals surface area (Å²) in [5.74, 6) is -0.422. The van der Waals surface area contributed by atoms with Crippen molar-refractivity contribution in [1.29, 1.82) is 0 Å². The second-order valence-electron chi connectivity index (χ2n) is 4.09. The van der Waals surface area contributed by atoms with Crippen LogP contribution in [0.2, 0.25) is 0 Å². The number of carboxylic acids is 1. The van der Waals surface area contributed by atoms with Crippen LogP contribution in [0.3, 0.4) is 0 Å². The lowest BCUT2D eigenvalue weighted by molar-refractivity contribution is -0.133. The summed E-state index contributed by atoms with van der Waals surface area (Å²) in [5, 5.41) is 11.1. The third-order valence-electron chi connectivity index (χ3n) is 2.82. The van der Waals surface area contributed by atoms with Crippen molar-refractivity contribution < 1.29 is 14.6 Å². The lowest BCUT2D eigenvalue weighted by Gasteiger charge is -2.04. The zero-order valence-corrected chi connectivity index (χ0v) is 11.4. The molecule has 0 fully saturated rings. The van der Waals surface area contributed by atoms with Crippen molar-refractivity contribution in [2.45, 2.75) is 5.16 Å². The van der Waals surface area contributed by atoms with E-state index >= 15 is 0 Å². The number of pyridine rings is 1. The van der Waals surface area contributed by atoms with E-state index < -0.39 is 5.97 Å². The number of nitrogens with zero attached hydrogens (tertiary/aromatic N) is 2. The van der Waals surface area contributed by atoms with Crippen molar-refractivity contribution in [1.82, 2.24) is 15.0 Å². The van der Waals surface area contributed by atoms with E-state index in [9.17, 15) is 4.79 Å². The molecule has 0 unspecified atom stereocenters. The van der Waals surface area contributed by atoms with E-state index in [-0.39, 0.29) is 5.75 Å². The minimum atomic E-state index is -0.883. The van der Waals surface area contributed by atoms with Gasteiger partial charge in [-0.1, -0.05) is 30.0 Å². The lowest BCUT2D eigenvalue weighted by Crippen LogP contribution is -1.97. The Bertz CT molecular complexity index is 800. The molecule has 7 heteroatoms. The smallest absolute Gasteiger partial charge is 0.313 e. The van der Waals surface area contributed by atoms with Gasteiger partial charge in [0.25, 0.3) is 0 Å². The fourth-order valence-electron chi connectivity index (χ4n) is 2.01.